The minimum absolute atomic E-state index is 0.0295. The van der Waals surface area contributed by atoms with E-state index >= 15 is 0 Å². The van der Waals surface area contributed by atoms with Crippen LogP contribution in [0.2, 0.25) is 0 Å². The van der Waals surface area contributed by atoms with Gasteiger partial charge in [-0.2, -0.15) is 4.72 Å². The van der Waals surface area contributed by atoms with E-state index in [1.54, 1.807) is 18.2 Å². The summed E-state index contributed by atoms with van der Waals surface area (Å²) in [6, 6.07) is 9.74. The van der Waals surface area contributed by atoms with E-state index in [2.05, 4.69) is 10.0 Å². The molecule has 0 saturated heterocycles. The number of rotatable bonds is 8. The largest absolute Gasteiger partial charge is 0.497 e. The molecular weight excluding hydrogens is 372 g/mol. The molecule has 146 valence electrons. The summed E-state index contributed by atoms with van der Waals surface area (Å²) in [4.78, 5) is 12.5. The van der Waals surface area contributed by atoms with Gasteiger partial charge >= 0.3 is 0 Å². The van der Waals surface area contributed by atoms with E-state index in [4.69, 9.17) is 14.2 Å². The summed E-state index contributed by atoms with van der Waals surface area (Å²) in [6.07, 6.45) is 0. The van der Waals surface area contributed by atoms with Crippen LogP contribution >= 0.6 is 0 Å². The molecule has 2 N–H and O–H groups in total. The third-order valence-corrected chi connectivity index (χ3v) is 5.32. The molecule has 0 radical (unpaired) electrons. The molecule has 2 rings (SSSR count). The fourth-order valence-corrected chi connectivity index (χ4v) is 3.46. The van der Waals surface area contributed by atoms with Crippen molar-refractivity contribution in [3.8, 4) is 17.2 Å². The third-order valence-electron chi connectivity index (χ3n) is 3.76. The van der Waals surface area contributed by atoms with Crippen LogP contribution in [0.15, 0.2) is 47.4 Å². The SMILES string of the molecule is COc1ccc(S(=O)(=O)N[C@@H](C)C(=O)Nc2cc(OC)ccc2OC)cc1. The van der Waals surface area contributed by atoms with E-state index in [1.807, 2.05) is 0 Å². The van der Waals surface area contributed by atoms with Crippen molar-refractivity contribution in [2.24, 2.45) is 0 Å². The molecule has 0 saturated carbocycles. The maximum absolute atomic E-state index is 12.4. The summed E-state index contributed by atoms with van der Waals surface area (Å²) in [6.45, 7) is 1.45. The highest BCUT2D eigenvalue weighted by molar-refractivity contribution is 7.89. The van der Waals surface area contributed by atoms with Gasteiger partial charge in [0.2, 0.25) is 15.9 Å². The van der Waals surface area contributed by atoms with Crippen LogP contribution in [0.1, 0.15) is 6.92 Å². The van der Waals surface area contributed by atoms with Gasteiger partial charge in [0.15, 0.2) is 0 Å². The van der Waals surface area contributed by atoms with Gasteiger partial charge in [0, 0.05) is 6.07 Å². The van der Waals surface area contributed by atoms with Gasteiger partial charge in [-0.25, -0.2) is 8.42 Å². The first-order valence-electron chi connectivity index (χ1n) is 8.00. The Labute approximate surface area is 158 Å². The van der Waals surface area contributed by atoms with Crippen molar-refractivity contribution in [3.63, 3.8) is 0 Å². The predicted octanol–water partition coefficient (Wildman–Crippen LogP) is 2.02. The van der Waals surface area contributed by atoms with Gasteiger partial charge in [0.1, 0.15) is 17.2 Å². The standard InChI is InChI=1S/C18H22N2O6S/c1-12(20-27(22,23)15-8-5-13(24-2)6-9-15)18(21)19-16-11-14(25-3)7-10-17(16)26-4/h5-12,20H,1-4H3,(H,19,21)/t12-/m0/s1. The number of anilines is 1. The Morgan fingerprint density at radius 2 is 1.52 bits per heavy atom. The molecule has 0 spiro atoms. The van der Waals surface area contributed by atoms with E-state index < -0.39 is 22.0 Å². The molecule has 8 nitrogen and oxygen atoms in total. The van der Waals surface area contributed by atoms with Crippen LogP contribution in [0.3, 0.4) is 0 Å². The van der Waals surface area contributed by atoms with E-state index in [1.165, 1.54) is 52.5 Å². The van der Waals surface area contributed by atoms with Crippen LogP contribution in [0, 0.1) is 0 Å². The van der Waals surface area contributed by atoms with Crippen LogP contribution in [0.4, 0.5) is 5.69 Å². The van der Waals surface area contributed by atoms with Crippen molar-refractivity contribution in [1.29, 1.82) is 0 Å². The number of benzene rings is 2. The average Bonchev–Trinajstić information content (AvgIpc) is 2.67. The predicted molar refractivity (Wildman–Crippen MR) is 101 cm³/mol. The molecule has 0 bridgehead atoms. The molecule has 1 amide bonds. The van der Waals surface area contributed by atoms with Gasteiger partial charge < -0.3 is 19.5 Å². The Bertz CT molecular complexity index is 897. The molecule has 0 unspecified atom stereocenters. The quantitative estimate of drug-likeness (QED) is 0.710. The van der Waals surface area contributed by atoms with Gasteiger partial charge in [-0.3, -0.25) is 4.79 Å². The van der Waals surface area contributed by atoms with Crippen LogP contribution in [0.25, 0.3) is 0 Å². The topological polar surface area (TPSA) is 103 Å². The monoisotopic (exact) mass is 394 g/mol. The Morgan fingerprint density at radius 3 is 2.07 bits per heavy atom. The molecule has 0 aliphatic carbocycles. The van der Waals surface area contributed by atoms with Gasteiger partial charge in [-0.15, -0.1) is 0 Å². The van der Waals surface area contributed by atoms with E-state index in [0.29, 0.717) is 22.9 Å². The maximum Gasteiger partial charge on any atom is 0.242 e. The minimum atomic E-state index is -3.87. The first-order chi connectivity index (χ1) is 12.8. The van der Waals surface area contributed by atoms with E-state index in [-0.39, 0.29) is 4.90 Å². The molecule has 0 aliphatic rings. The van der Waals surface area contributed by atoms with Crippen molar-refractivity contribution in [1.82, 2.24) is 4.72 Å². The highest BCUT2D eigenvalue weighted by Crippen LogP contribution is 2.29. The summed E-state index contributed by atoms with van der Waals surface area (Å²) in [5.41, 5.74) is 0.373. The highest BCUT2D eigenvalue weighted by atomic mass is 32.2. The zero-order valence-electron chi connectivity index (χ0n) is 15.5. The summed E-state index contributed by atoms with van der Waals surface area (Å²) in [7, 11) is 0.579. The van der Waals surface area contributed by atoms with Gasteiger partial charge in [0.05, 0.1) is 38.0 Å². The second kappa shape index (κ2) is 8.74. The molecule has 1 atom stereocenters. The Morgan fingerprint density at radius 1 is 0.926 bits per heavy atom. The number of carbonyl (C=O) groups excluding carboxylic acids is 1. The van der Waals surface area contributed by atoms with Crippen molar-refractivity contribution >= 4 is 21.6 Å². The first-order valence-corrected chi connectivity index (χ1v) is 9.48. The number of amides is 1. The highest BCUT2D eigenvalue weighted by Gasteiger charge is 2.23. The number of hydrogen-bond donors (Lipinski definition) is 2. The van der Waals surface area contributed by atoms with Crippen molar-refractivity contribution in [2.45, 2.75) is 17.9 Å². The molecule has 9 heteroatoms. The molecule has 0 heterocycles. The molecule has 0 aliphatic heterocycles. The average molecular weight is 394 g/mol. The zero-order valence-corrected chi connectivity index (χ0v) is 16.3. The Balaban J connectivity index is 2.13. The number of ether oxygens (including phenoxy) is 3. The number of sulfonamides is 1. The first kappa shape index (κ1) is 20.5. The number of methoxy groups -OCH3 is 3. The summed E-state index contributed by atoms with van der Waals surface area (Å²) < 4.78 is 42.6. The zero-order chi connectivity index (χ0) is 20.0. The lowest BCUT2D eigenvalue weighted by Crippen LogP contribution is -2.41. The van der Waals surface area contributed by atoms with Gasteiger partial charge in [-0.1, -0.05) is 0 Å². The van der Waals surface area contributed by atoms with Crippen LogP contribution in [-0.4, -0.2) is 41.7 Å². The second-order valence-corrected chi connectivity index (χ2v) is 7.29. The lowest BCUT2D eigenvalue weighted by Gasteiger charge is -2.16. The molecule has 2 aromatic rings. The smallest absolute Gasteiger partial charge is 0.242 e. The molecule has 0 aromatic heterocycles. The maximum atomic E-state index is 12.4. The van der Waals surface area contributed by atoms with Crippen molar-refractivity contribution in [2.75, 3.05) is 26.6 Å². The molecule has 27 heavy (non-hydrogen) atoms. The van der Waals surface area contributed by atoms with Crippen molar-refractivity contribution < 1.29 is 27.4 Å². The Hall–Kier alpha value is -2.78. The third kappa shape index (κ3) is 5.11. The van der Waals surface area contributed by atoms with Crippen LogP contribution in [-0.2, 0) is 14.8 Å². The number of nitrogens with one attached hydrogen (secondary N) is 2. The summed E-state index contributed by atoms with van der Waals surface area (Å²) >= 11 is 0. The van der Waals surface area contributed by atoms with Crippen LogP contribution < -0.4 is 24.2 Å². The number of hydrogen-bond acceptors (Lipinski definition) is 6. The van der Waals surface area contributed by atoms with Gasteiger partial charge in [0.25, 0.3) is 0 Å². The van der Waals surface area contributed by atoms with E-state index in [9.17, 15) is 13.2 Å². The molecule has 0 fully saturated rings. The minimum Gasteiger partial charge on any atom is -0.497 e. The van der Waals surface area contributed by atoms with Crippen molar-refractivity contribution in [3.05, 3.63) is 42.5 Å². The number of carbonyl (C=O) groups is 1. The van der Waals surface area contributed by atoms with E-state index in [0.717, 1.165) is 0 Å². The summed E-state index contributed by atoms with van der Waals surface area (Å²) in [5, 5.41) is 2.64. The molecular formula is C18H22N2O6S. The Kier molecular flexibility index (Phi) is 6.65. The molecule has 2 aromatic carbocycles. The normalized spacial score (nSPS) is 12.1. The van der Waals surface area contributed by atoms with Gasteiger partial charge in [-0.05, 0) is 43.3 Å². The van der Waals surface area contributed by atoms with Crippen LogP contribution in [0.5, 0.6) is 17.2 Å². The lowest BCUT2D eigenvalue weighted by molar-refractivity contribution is -0.117. The second-order valence-electron chi connectivity index (χ2n) is 5.57. The lowest BCUT2D eigenvalue weighted by atomic mass is 10.2. The fourth-order valence-electron chi connectivity index (χ4n) is 2.26. The summed E-state index contributed by atoms with van der Waals surface area (Å²) in [5.74, 6) is 0.940. The fraction of sp³-hybridized carbons (Fsp3) is 0.278.